The molecule has 0 aromatic heterocycles. The second-order valence-electron chi connectivity index (χ2n) is 12.3. The maximum absolute atomic E-state index is 12.0. The summed E-state index contributed by atoms with van der Waals surface area (Å²) in [4.78, 5) is 12.0. The van der Waals surface area contributed by atoms with Crippen LogP contribution in [0.1, 0.15) is 106 Å². The number of rotatable bonds is 4. The van der Waals surface area contributed by atoms with Crippen LogP contribution >= 0.6 is 0 Å². The van der Waals surface area contributed by atoms with Gasteiger partial charge in [-0.05, 0) is 117 Å². The molecule has 0 aromatic rings. The van der Waals surface area contributed by atoms with Crippen LogP contribution in [0.3, 0.4) is 0 Å². The van der Waals surface area contributed by atoms with Crippen molar-refractivity contribution in [1.29, 1.82) is 0 Å². The number of Topliss-reactive ketones (excluding diaryl/α,β-unsaturated/α-hetero) is 1. The van der Waals surface area contributed by atoms with Crippen LogP contribution in [-0.4, -0.2) is 5.78 Å². The molecular weight excluding hydrogens is 364 g/mol. The summed E-state index contributed by atoms with van der Waals surface area (Å²) >= 11 is 0. The summed E-state index contributed by atoms with van der Waals surface area (Å²) in [7, 11) is 0. The zero-order valence-corrected chi connectivity index (χ0v) is 20.6. The molecule has 1 unspecified atom stereocenters. The Labute approximate surface area is 186 Å². The third-order valence-electron chi connectivity index (χ3n) is 10.7. The lowest BCUT2D eigenvalue weighted by Gasteiger charge is -2.60. The van der Waals surface area contributed by atoms with E-state index in [4.69, 9.17) is 0 Å². The Kier molecular flexibility index (Phi) is 6.15. The third-order valence-corrected chi connectivity index (χ3v) is 10.7. The monoisotopic (exact) mass is 410 g/mol. The largest absolute Gasteiger partial charge is 0.295 e. The third kappa shape index (κ3) is 3.57. The minimum Gasteiger partial charge on any atom is -0.295 e. The summed E-state index contributed by atoms with van der Waals surface area (Å²) < 4.78 is 0. The summed E-state index contributed by atoms with van der Waals surface area (Å²) in [5, 5.41) is 0. The van der Waals surface area contributed by atoms with Crippen LogP contribution in [-0.2, 0) is 4.79 Å². The van der Waals surface area contributed by atoms with Crippen LogP contribution in [0.25, 0.3) is 0 Å². The quantitative estimate of drug-likeness (QED) is 0.337. The lowest BCUT2D eigenvalue weighted by molar-refractivity contribution is -0.114. The highest BCUT2D eigenvalue weighted by atomic mass is 16.1. The van der Waals surface area contributed by atoms with E-state index in [1.165, 1.54) is 69.8 Å². The topological polar surface area (TPSA) is 17.1 Å². The van der Waals surface area contributed by atoms with E-state index in [-0.39, 0.29) is 5.78 Å². The normalized spacial score (nSPS) is 44.4. The van der Waals surface area contributed by atoms with Crippen molar-refractivity contribution in [1.82, 2.24) is 0 Å². The highest BCUT2D eigenvalue weighted by molar-refractivity contribution is 5.93. The lowest BCUT2D eigenvalue weighted by atomic mass is 9.44. The first-order chi connectivity index (χ1) is 14.2. The molecule has 0 saturated heterocycles. The van der Waals surface area contributed by atoms with E-state index in [9.17, 15) is 4.79 Å². The molecule has 0 N–H and O–H groups in total. The molecule has 0 heterocycles. The van der Waals surface area contributed by atoms with Gasteiger partial charge >= 0.3 is 0 Å². The van der Waals surface area contributed by atoms with Gasteiger partial charge in [0.2, 0.25) is 0 Å². The minimum atomic E-state index is 0.225. The molecule has 4 rings (SSSR count). The van der Waals surface area contributed by atoms with Crippen LogP contribution in [0.4, 0.5) is 0 Å². The Morgan fingerprint density at radius 1 is 0.833 bits per heavy atom. The van der Waals surface area contributed by atoms with Crippen LogP contribution in [0.5, 0.6) is 0 Å². The Balaban J connectivity index is 1.56. The van der Waals surface area contributed by atoms with E-state index >= 15 is 0 Å². The summed E-state index contributed by atoms with van der Waals surface area (Å²) in [6.45, 7) is 13.6. The van der Waals surface area contributed by atoms with Crippen LogP contribution < -0.4 is 0 Å². The van der Waals surface area contributed by atoms with Gasteiger partial charge in [-0.2, -0.15) is 0 Å². The number of carbonyl (C=O) groups is 1. The van der Waals surface area contributed by atoms with E-state index in [1.54, 1.807) is 6.92 Å². The lowest BCUT2D eigenvalue weighted by Crippen LogP contribution is -2.52. The fourth-order valence-electron chi connectivity index (χ4n) is 9.10. The molecule has 0 radical (unpaired) electrons. The van der Waals surface area contributed by atoms with E-state index in [1.807, 2.05) is 0 Å². The number of ketones is 1. The number of allylic oxidation sites excluding steroid dienone is 4. The zero-order chi connectivity index (χ0) is 21.7. The number of carbonyl (C=O) groups excluding carboxylic acids is 1. The van der Waals surface area contributed by atoms with Gasteiger partial charge < -0.3 is 0 Å². The van der Waals surface area contributed by atoms with Crippen molar-refractivity contribution >= 4 is 5.78 Å². The molecule has 4 aliphatic carbocycles. The number of fused-ring (bicyclic) bond motifs is 5. The predicted molar refractivity (Wildman–Crippen MR) is 127 cm³/mol. The van der Waals surface area contributed by atoms with Gasteiger partial charge in [0.25, 0.3) is 0 Å². The Hall–Kier alpha value is -0.850. The van der Waals surface area contributed by atoms with Crippen LogP contribution in [0.2, 0.25) is 0 Å². The highest BCUT2D eigenvalue weighted by Crippen LogP contribution is 2.68. The second-order valence-corrected chi connectivity index (χ2v) is 12.3. The predicted octanol–water partition coefficient (Wildman–Crippen LogP) is 8.15. The molecule has 168 valence electrons. The molecule has 0 aliphatic heterocycles. The molecule has 4 fully saturated rings. The molecule has 0 aromatic carbocycles. The van der Waals surface area contributed by atoms with Gasteiger partial charge in [-0.15, -0.1) is 0 Å². The first-order valence-electron chi connectivity index (χ1n) is 13.1. The van der Waals surface area contributed by atoms with Crippen molar-refractivity contribution in [2.45, 2.75) is 106 Å². The van der Waals surface area contributed by atoms with E-state index in [0.29, 0.717) is 22.7 Å². The minimum absolute atomic E-state index is 0.225. The average molecular weight is 411 g/mol. The maximum atomic E-state index is 12.0. The Morgan fingerprint density at radius 2 is 1.57 bits per heavy atom. The highest BCUT2D eigenvalue weighted by Gasteiger charge is 2.59. The Morgan fingerprint density at radius 3 is 2.27 bits per heavy atom. The van der Waals surface area contributed by atoms with Crippen molar-refractivity contribution in [2.75, 3.05) is 0 Å². The molecule has 30 heavy (non-hydrogen) atoms. The van der Waals surface area contributed by atoms with Gasteiger partial charge in [-0.1, -0.05) is 58.3 Å². The fourth-order valence-corrected chi connectivity index (χ4v) is 9.10. The molecule has 0 spiro atoms. The van der Waals surface area contributed by atoms with Gasteiger partial charge in [-0.25, -0.2) is 0 Å². The number of hydrogen-bond donors (Lipinski definition) is 0. The van der Waals surface area contributed by atoms with Gasteiger partial charge in [0, 0.05) is 0 Å². The van der Waals surface area contributed by atoms with Gasteiger partial charge in [0.05, 0.1) is 0 Å². The fraction of sp³-hybridized carbons (Fsp3) is 0.828. The van der Waals surface area contributed by atoms with E-state index in [2.05, 4.69) is 46.8 Å². The van der Waals surface area contributed by atoms with Crippen molar-refractivity contribution in [2.24, 2.45) is 46.3 Å². The molecule has 0 amide bonds. The smallest absolute Gasteiger partial charge is 0.156 e. The first-order valence-corrected chi connectivity index (χ1v) is 13.1. The second kappa shape index (κ2) is 8.25. The maximum Gasteiger partial charge on any atom is 0.156 e. The molecule has 1 heteroatoms. The van der Waals surface area contributed by atoms with Crippen LogP contribution in [0, 0.1) is 46.3 Å². The standard InChI is InChI=1S/C29H46O/c1-19(2)23(21(4)30)12-10-20(3)25-14-15-26-24-13-11-22-9-7-8-17-28(22,5)27(24)16-18-29(25,26)6/h10,12,19,22,24-27H,7-9,11,13-18H2,1-6H3/t22?,24-,25+,26-,27-,28-,29+/m0/s1. The molecular formula is C29H46O. The van der Waals surface area contributed by atoms with E-state index in [0.717, 1.165) is 29.2 Å². The van der Waals surface area contributed by atoms with Gasteiger partial charge in [0.1, 0.15) is 0 Å². The summed E-state index contributed by atoms with van der Waals surface area (Å²) in [6.07, 6.45) is 19.1. The van der Waals surface area contributed by atoms with Gasteiger partial charge in [-0.3, -0.25) is 4.79 Å². The van der Waals surface area contributed by atoms with Crippen molar-refractivity contribution in [3.8, 4) is 0 Å². The molecule has 4 aliphatic rings. The first kappa shape index (κ1) is 22.3. The van der Waals surface area contributed by atoms with Crippen molar-refractivity contribution in [3.63, 3.8) is 0 Å². The Bertz CT molecular complexity index is 727. The van der Waals surface area contributed by atoms with Crippen LogP contribution in [0.15, 0.2) is 23.3 Å². The summed E-state index contributed by atoms with van der Waals surface area (Å²) in [6, 6.07) is 0. The summed E-state index contributed by atoms with van der Waals surface area (Å²) in [5.74, 6) is 5.13. The molecule has 1 nitrogen and oxygen atoms in total. The summed E-state index contributed by atoms with van der Waals surface area (Å²) in [5.41, 5.74) is 3.61. The SMILES string of the molecule is CC(=O)C(=CC=C(C)[C@H]1CC[C@H]2[C@@H]3CCC4CCCC[C@]4(C)[C@H]3CC[C@]12C)C(C)C. The van der Waals surface area contributed by atoms with Gasteiger partial charge in [0.15, 0.2) is 5.78 Å². The van der Waals surface area contributed by atoms with E-state index < -0.39 is 0 Å². The van der Waals surface area contributed by atoms with Crippen molar-refractivity contribution < 1.29 is 4.79 Å². The molecule has 7 atom stereocenters. The zero-order valence-electron chi connectivity index (χ0n) is 20.6. The average Bonchev–Trinajstić information content (AvgIpc) is 3.04. The number of hydrogen-bond acceptors (Lipinski definition) is 1. The van der Waals surface area contributed by atoms with Crippen molar-refractivity contribution in [3.05, 3.63) is 23.3 Å². The molecule has 4 saturated carbocycles. The molecule has 0 bridgehead atoms.